The first-order valence-electron chi connectivity index (χ1n) is 6.56. The molecule has 0 aliphatic carbocycles. The molecule has 0 bridgehead atoms. The second-order valence-corrected chi connectivity index (χ2v) is 5.51. The van der Waals surface area contributed by atoms with E-state index >= 15 is 0 Å². The van der Waals surface area contributed by atoms with Gasteiger partial charge in [-0.3, -0.25) is 9.59 Å². The summed E-state index contributed by atoms with van der Waals surface area (Å²) < 4.78 is 0. The van der Waals surface area contributed by atoms with Crippen LogP contribution in [-0.2, 0) is 4.79 Å². The monoisotopic (exact) mass is 336 g/mol. The minimum absolute atomic E-state index is 0.172. The van der Waals surface area contributed by atoms with Crippen LogP contribution in [0.1, 0.15) is 15.9 Å². The molecule has 0 unspecified atom stereocenters. The van der Waals surface area contributed by atoms with Gasteiger partial charge in [-0.25, -0.2) is 0 Å². The summed E-state index contributed by atoms with van der Waals surface area (Å²) in [5.41, 5.74) is 1.81. The highest BCUT2D eigenvalue weighted by Gasteiger charge is 2.11. The Balaban J connectivity index is 1.94. The molecular formula is C16H14Cl2N2O2. The molecule has 0 aliphatic rings. The quantitative estimate of drug-likeness (QED) is 0.894. The first-order valence-corrected chi connectivity index (χ1v) is 7.31. The molecule has 2 N–H and O–H groups in total. The summed E-state index contributed by atoms with van der Waals surface area (Å²) in [4.78, 5) is 23.8. The minimum Gasteiger partial charge on any atom is -0.343 e. The molecule has 114 valence electrons. The van der Waals surface area contributed by atoms with Crippen LogP contribution in [0.4, 0.5) is 5.69 Å². The van der Waals surface area contributed by atoms with E-state index in [2.05, 4.69) is 10.6 Å². The van der Waals surface area contributed by atoms with E-state index in [1.165, 1.54) is 0 Å². The van der Waals surface area contributed by atoms with Crippen molar-refractivity contribution in [3.8, 4) is 0 Å². The SMILES string of the molecule is Cc1cccc(C(=O)NCC(=O)Nc2c(Cl)cccc2Cl)c1. The predicted molar refractivity (Wildman–Crippen MR) is 88.6 cm³/mol. The van der Waals surface area contributed by atoms with Gasteiger partial charge < -0.3 is 10.6 Å². The first kappa shape index (κ1) is 16.3. The fourth-order valence-corrected chi connectivity index (χ4v) is 2.34. The van der Waals surface area contributed by atoms with Gasteiger partial charge >= 0.3 is 0 Å². The molecule has 0 radical (unpaired) electrons. The Morgan fingerprint density at radius 3 is 2.32 bits per heavy atom. The molecule has 0 heterocycles. The van der Waals surface area contributed by atoms with Crippen LogP contribution in [0.5, 0.6) is 0 Å². The van der Waals surface area contributed by atoms with Crippen LogP contribution in [0.2, 0.25) is 10.0 Å². The zero-order chi connectivity index (χ0) is 16.1. The van der Waals surface area contributed by atoms with E-state index in [9.17, 15) is 9.59 Å². The average Bonchev–Trinajstić information content (AvgIpc) is 2.48. The molecular weight excluding hydrogens is 323 g/mol. The molecule has 0 atom stereocenters. The number of rotatable bonds is 4. The van der Waals surface area contributed by atoms with Gasteiger partial charge in [0.25, 0.3) is 5.91 Å². The molecule has 2 rings (SSSR count). The normalized spacial score (nSPS) is 10.1. The fourth-order valence-electron chi connectivity index (χ4n) is 1.85. The van der Waals surface area contributed by atoms with Gasteiger partial charge in [0.2, 0.25) is 5.91 Å². The van der Waals surface area contributed by atoms with Crippen molar-refractivity contribution in [2.75, 3.05) is 11.9 Å². The second kappa shape index (κ2) is 7.29. The number of anilines is 1. The van der Waals surface area contributed by atoms with Crippen LogP contribution in [0.3, 0.4) is 0 Å². The van der Waals surface area contributed by atoms with Crippen molar-refractivity contribution in [1.82, 2.24) is 5.32 Å². The molecule has 22 heavy (non-hydrogen) atoms. The van der Waals surface area contributed by atoms with Crippen LogP contribution in [0.15, 0.2) is 42.5 Å². The van der Waals surface area contributed by atoms with Gasteiger partial charge in [0, 0.05) is 5.56 Å². The van der Waals surface area contributed by atoms with E-state index in [0.29, 0.717) is 21.3 Å². The number of carbonyl (C=O) groups excluding carboxylic acids is 2. The molecule has 0 saturated heterocycles. The smallest absolute Gasteiger partial charge is 0.251 e. The van der Waals surface area contributed by atoms with Crippen molar-refractivity contribution in [2.45, 2.75) is 6.92 Å². The molecule has 0 fully saturated rings. The van der Waals surface area contributed by atoms with Crippen molar-refractivity contribution in [1.29, 1.82) is 0 Å². The lowest BCUT2D eigenvalue weighted by Gasteiger charge is -2.10. The lowest BCUT2D eigenvalue weighted by molar-refractivity contribution is -0.115. The molecule has 2 aromatic carbocycles. The van der Waals surface area contributed by atoms with E-state index in [-0.39, 0.29) is 12.5 Å². The summed E-state index contributed by atoms with van der Waals surface area (Å²) in [5.74, 6) is -0.722. The standard InChI is InChI=1S/C16H14Cl2N2O2/c1-10-4-2-5-11(8-10)16(22)19-9-14(21)20-15-12(17)6-3-7-13(15)18/h2-8H,9H2,1H3,(H,19,22)(H,20,21). The Morgan fingerprint density at radius 2 is 1.68 bits per heavy atom. The third kappa shape index (κ3) is 4.23. The molecule has 4 nitrogen and oxygen atoms in total. The van der Waals surface area contributed by atoms with Crippen molar-refractivity contribution in [3.63, 3.8) is 0 Å². The van der Waals surface area contributed by atoms with E-state index in [1.54, 1.807) is 36.4 Å². The summed E-state index contributed by atoms with van der Waals surface area (Å²) in [7, 11) is 0. The van der Waals surface area contributed by atoms with Crippen LogP contribution in [-0.4, -0.2) is 18.4 Å². The molecule has 2 aromatic rings. The number of para-hydroxylation sites is 1. The van der Waals surface area contributed by atoms with Crippen molar-refractivity contribution in [3.05, 3.63) is 63.6 Å². The summed E-state index contributed by atoms with van der Waals surface area (Å²) in [6, 6.07) is 12.0. The van der Waals surface area contributed by atoms with E-state index in [0.717, 1.165) is 5.56 Å². The molecule has 0 spiro atoms. The van der Waals surface area contributed by atoms with Crippen molar-refractivity contribution < 1.29 is 9.59 Å². The Labute approximate surface area is 138 Å². The van der Waals surface area contributed by atoms with Gasteiger partial charge in [-0.1, -0.05) is 47.0 Å². The van der Waals surface area contributed by atoms with Gasteiger partial charge in [-0.05, 0) is 31.2 Å². The average molecular weight is 337 g/mol. The van der Waals surface area contributed by atoms with Crippen LogP contribution in [0.25, 0.3) is 0 Å². The van der Waals surface area contributed by atoms with E-state index in [1.807, 2.05) is 13.0 Å². The predicted octanol–water partition coefficient (Wildman–Crippen LogP) is 3.67. The molecule has 2 amide bonds. The van der Waals surface area contributed by atoms with Gasteiger partial charge in [0.1, 0.15) is 0 Å². The fraction of sp³-hybridized carbons (Fsp3) is 0.125. The lowest BCUT2D eigenvalue weighted by Crippen LogP contribution is -2.33. The number of aryl methyl sites for hydroxylation is 1. The highest BCUT2D eigenvalue weighted by Crippen LogP contribution is 2.29. The third-order valence-corrected chi connectivity index (χ3v) is 3.55. The van der Waals surface area contributed by atoms with Gasteiger partial charge in [0.15, 0.2) is 0 Å². The Bertz CT molecular complexity index is 697. The van der Waals surface area contributed by atoms with Crippen molar-refractivity contribution >= 4 is 40.7 Å². The number of benzene rings is 2. The van der Waals surface area contributed by atoms with Gasteiger partial charge in [0.05, 0.1) is 22.3 Å². The van der Waals surface area contributed by atoms with Gasteiger partial charge in [-0.2, -0.15) is 0 Å². The van der Waals surface area contributed by atoms with Crippen LogP contribution in [0, 0.1) is 6.92 Å². The number of carbonyl (C=O) groups is 2. The molecule has 6 heteroatoms. The number of hydrogen-bond acceptors (Lipinski definition) is 2. The first-order chi connectivity index (χ1) is 10.5. The molecule has 0 saturated carbocycles. The van der Waals surface area contributed by atoms with Gasteiger partial charge in [-0.15, -0.1) is 0 Å². The molecule has 0 aromatic heterocycles. The zero-order valence-corrected chi connectivity index (χ0v) is 13.3. The topological polar surface area (TPSA) is 58.2 Å². The number of amides is 2. The Morgan fingerprint density at radius 1 is 1.05 bits per heavy atom. The van der Waals surface area contributed by atoms with Crippen LogP contribution < -0.4 is 10.6 Å². The summed E-state index contributed by atoms with van der Waals surface area (Å²) in [5, 5.41) is 5.80. The number of halogens is 2. The number of hydrogen-bond donors (Lipinski definition) is 2. The Hall–Kier alpha value is -2.04. The number of nitrogens with one attached hydrogen (secondary N) is 2. The Kier molecular flexibility index (Phi) is 5.41. The highest BCUT2D eigenvalue weighted by molar-refractivity contribution is 6.39. The van der Waals surface area contributed by atoms with Crippen LogP contribution >= 0.6 is 23.2 Å². The highest BCUT2D eigenvalue weighted by atomic mass is 35.5. The largest absolute Gasteiger partial charge is 0.343 e. The van der Waals surface area contributed by atoms with Crippen molar-refractivity contribution in [2.24, 2.45) is 0 Å². The summed E-state index contributed by atoms with van der Waals surface area (Å²) in [6.07, 6.45) is 0. The third-order valence-electron chi connectivity index (χ3n) is 2.92. The minimum atomic E-state index is -0.406. The molecule has 0 aliphatic heterocycles. The summed E-state index contributed by atoms with van der Waals surface area (Å²) in [6.45, 7) is 1.72. The maximum Gasteiger partial charge on any atom is 0.251 e. The second-order valence-electron chi connectivity index (χ2n) is 4.70. The van der Waals surface area contributed by atoms with E-state index < -0.39 is 5.91 Å². The summed E-state index contributed by atoms with van der Waals surface area (Å²) >= 11 is 11.9. The lowest BCUT2D eigenvalue weighted by atomic mass is 10.1. The van der Waals surface area contributed by atoms with E-state index in [4.69, 9.17) is 23.2 Å². The maximum absolute atomic E-state index is 11.9. The maximum atomic E-state index is 11.9. The zero-order valence-electron chi connectivity index (χ0n) is 11.8.